The molecule has 0 amide bonds. The number of phenols is 1. The first-order valence-corrected chi connectivity index (χ1v) is 14.5. The smallest absolute Gasteiger partial charge is 0.338 e. The fourth-order valence-electron chi connectivity index (χ4n) is 4.71. The van der Waals surface area contributed by atoms with Crippen LogP contribution in [0, 0.1) is 0 Å². The fourth-order valence-corrected chi connectivity index (χ4v) is 4.71. The van der Waals surface area contributed by atoms with Crippen molar-refractivity contribution in [2.75, 3.05) is 0 Å². The van der Waals surface area contributed by atoms with E-state index in [0.29, 0.717) is 17.1 Å². The van der Waals surface area contributed by atoms with E-state index in [1.165, 1.54) is 11.1 Å². The molecule has 0 aromatic heterocycles. The number of aromatic hydroxyl groups is 1. The van der Waals surface area contributed by atoms with Crippen LogP contribution in [-0.4, -0.2) is 11.1 Å². The van der Waals surface area contributed by atoms with Crippen molar-refractivity contribution in [1.29, 1.82) is 0 Å². The predicted octanol–water partition coefficient (Wildman–Crippen LogP) is 10.00. The van der Waals surface area contributed by atoms with Crippen molar-refractivity contribution in [3.8, 4) is 11.5 Å². The van der Waals surface area contributed by atoms with Gasteiger partial charge in [0.1, 0.15) is 11.5 Å². The summed E-state index contributed by atoms with van der Waals surface area (Å²) in [6, 6.07) is 8.72. The van der Waals surface area contributed by atoms with E-state index in [9.17, 15) is 9.90 Å². The molecule has 0 heterocycles. The Morgan fingerprint density at radius 1 is 0.795 bits per heavy atom. The summed E-state index contributed by atoms with van der Waals surface area (Å²) in [5, 5.41) is 11.7. The number of hydrogen-bond donors (Lipinski definition) is 1. The largest absolute Gasteiger partial charge is 0.507 e. The molecule has 0 aliphatic heterocycles. The molecule has 2 aromatic carbocycles. The topological polar surface area (TPSA) is 46.5 Å². The van der Waals surface area contributed by atoms with Crippen LogP contribution in [0.3, 0.4) is 0 Å². The first kappa shape index (κ1) is 32.7. The summed E-state index contributed by atoms with van der Waals surface area (Å²) >= 11 is 0. The van der Waals surface area contributed by atoms with Gasteiger partial charge in [-0.25, -0.2) is 4.79 Å². The minimum atomic E-state index is -0.429. The monoisotopic (exact) mass is 534 g/mol. The van der Waals surface area contributed by atoms with Crippen molar-refractivity contribution in [2.45, 2.75) is 137 Å². The molecular formula is C36H54O3. The molecule has 0 saturated heterocycles. The number of benzene rings is 2. The maximum absolute atomic E-state index is 13.0. The van der Waals surface area contributed by atoms with Gasteiger partial charge in [0, 0.05) is 28.2 Å². The van der Waals surface area contributed by atoms with Gasteiger partial charge in [-0.1, -0.05) is 121 Å². The number of hydrogen-bond acceptors (Lipinski definition) is 3. The van der Waals surface area contributed by atoms with Gasteiger partial charge in [0.25, 0.3) is 0 Å². The van der Waals surface area contributed by atoms with Crippen molar-refractivity contribution < 1.29 is 14.6 Å². The second kappa shape index (κ2) is 11.1. The molecule has 2 rings (SSSR count). The standard InChI is InChI=1S/C36H54O3/c1-16-35(12,13)25-19-27(31(39-32(38)22(3)4)29(21-25)36(14,15)17-2)23(5)26-18-24(33(6,7)8)20-28(30(26)37)34(9,10)11/h18-21,23,37H,3,16-17H2,1-2,4-15H3. The van der Waals surface area contributed by atoms with E-state index in [2.05, 4.69) is 121 Å². The van der Waals surface area contributed by atoms with Crippen molar-refractivity contribution in [3.05, 3.63) is 69.8 Å². The van der Waals surface area contributed by atoms with E-state index < -0.39 is 5.97 Å². The van der Waals surface area contributed by atoms with Crippen LogP contribution in [0.2, 0.25) is 0 Å². The number of esters is 1. The molecule has 0 spiro atoms. The molecule has 3 heteroatoms. The van der Waals surface area contributed by atoms with Crippen molar-refractivity contribution >= 4 is 5.97 Å². The molecule has 1 atom stereocenters. The van der Waals surface area contributed by atoms with Crippen molar-refractivity contribution in [3.63, 3.8) is 0 Å². The second-order valence-corrected chi connectivity index (χ2v) is 14.8. The maximum atomic E-state index is 13.0. The zero-order chi connectivity index (χ0) is 30.3. The summed E-state index contributed by atoms with van der Waals surface area (Å²) in [4.78, 5) is 13.0. The highest BCUT2D eigenvalue weighted by Crippen LogP contribution is 2.48. The molecule has 1 unspecified atom stereocenters. The summed E-state index contributed by atoms with van der Waals surface area (Å²) in [5.74, 6) is 0.259. The van der Waals surface area contributed by atoms with Crippen LogP contribution in [0.15, 0.2) is 36.4 Å². The summed E-state index contributed by atoms with van der Waals surface area (Å²) in [5.41, 5.74) is 5.82. The fraction of sp³-hybridized carbons (Fsp3) is 0.583. The Labute approximate surface area is 239 Å². The molecule has 1 N–H and O–H groups in total. The lowest BCUT2D eigenvalue weighted by molar-refractivity contribution is -0.130. The van der Waals surface area contributed by atoms with E-state index in [1.807, 2.05) is 0 Å². The molecule has 216 valence electrons. The third kappa shape index (κ3) is 6.97. The molecule has 0 aliphatic carbocycles. The second-order valence-electron chi connectivity index (χ2n) is 14.8. The van der Waals surface area contributed by atoms with Gasteiger partial charge >= 0.3 is 5.97 Å². The summed E-state index contributed by atoms with van der Waals surface area (Å²) in [6.07, 6.45) is 1.85. The van der Waals surface area contributed by atoms with E-state index >= 15 is 0 Å². The van der Waals surface area contributed by atoms with Crippen LogP contribution in [0.1, 0.15) is 149 Å². The van der Waals surface area contributed by atoms with Gasteiger partial charge in [-0.15, -0.1) is 0 Å². The van der Waals surface area contributed by atoms with E-state index in [0.717, 1.165) is 35.1 Å². The molecule has 2 aromatic rings. The summed E-state index contributed by atoms with van der Waals surface area (Å²) in [6.45, 7) is 33.9. The summed E-state index contributed by atoms with van der Waals surface area (Å²) in [7, 11) is 0. The lowest BCUT2D eigenvalue weighted by atomic mass is 9.72. The Morgan fingerprint density at radius 3 is 1.72 bits per heavy atom. The van der Waals surface area contributed by atoms with Crippen LogP contribution < -0.4 is 4.74 Å². The van der Waals surface area contributed by atoms with Crippen LogP contribution in [0.4, 0.5) is 0 Å². The molecule has 0 radical (unpaired) electrons. The highest BCUT2D eigenvalue weighted by Gasteiger charge is 2.34. The van der Waals surface area contributed by atoms with Crippen LogP contribution >= 0.6 is 0 Å². The summed E-state index contributed by atoms with van der Waals surface area (Å²) < 4.78 is 6.19. The molecule has 0 fully saturated rings. The number of carbonyl (C=O) groups excluding carboxylic acids is 1. The number of rotatable bonds is 8. The van der Waals surface area contributed by atoms with Gasteiger partial charge in [-0.2, -0.15) is 0 Å². The highest BCUT2D eigenvalue weighted by atomic mass is 16.5. The van der Waals surface area contributed by atoms with Gasteiger partial charge in [-0.05, 0) is 58.1 Å². The quantitative estimate of drug-likeness (QED) is 0.208. The molecule has 39 heavy (non-hydrogen) atoms. The van der Waals surface area contributed by atoms with Gasteiger partial charge in [0.2, 0.25) is 0 Å². The number of carbonyl (C=O) groups is 1. The Bertz CT molecular complexity index is 1230. The minimum absolute atomic E-state index is 0.0736. The maximum Gasteiger partial charge on any atom is 0.338 e. The molecule has 0 aliphatic rings. The van der Waals surface area contributed by atoms with Gasteiger partial charge in [0.05, 0.1) is 0 Å². The lowest BCUT2D eigenvalue weighted by Crippen LogP contribution is -2.24. The number of ether oxygens (including phenoxy) is 1. The van der Waals surface area contributed by atoms with Crippen molar-refractivity contribution in [1.82, 2.24) is 0 Å². The van der Waals surface area contributed by atoms with Crippen LogP contribution in [0.5, 0.6) is 11.5 Å². The van der Waals surface area contributed by atoms with Gasteiger partial charge in [0.15, 0.2) is 0 Å². The Kier molecular flexibility index (Phi) is 9.33. The van der Waals surface area contributed by atoms with E-state index in [4.69, 9.17) is 4.74 Å². The molecule has 3 nitrogen and oxygen atoms in total. The molecule has 0 bridgehead atoms. The van der Waals surface area contributed by atoms with E-state index in [-0.39, 0.29) is 27.6 Å². The zero-order valence-corrected chi connectivity index (χ0v) is 27.3. The molecular weight excluding hydrogens is 480 g/mol. The predicted molar refractivity (Wildman–Crippen MR) is 167 cm³/mol. The van der Waals surface area contributed by atoms with E-state index in [1.54, 1.807) is 6.92 Å². The average Bonchev–Trinajstić information content (AvgIpc) is 2.81. The third-order valence-electron chi connectivity index (χ3n) is 8.69. The third-order valence-corrected chi connectivity index (χ3v) is 8.69. The normalized spacial score (nSPS) is 13.8. The highest BCUT2D eigenvalue weighted by molar-refractivity contribution is 5.89. The van der Waals surface area contributed by atoms with Crippen LogP contribution in [0.25, 0.3) is 0 Å². The van der Waals surface area contributed by atoms with Gasteiger partial charge in [-0.3, -0.25) is 0 Å². The Balaban J connectivity index is 3.09. The lowest BCUT2D eigenvalue weighted by Gasteiger charge is -2.34. The van der Waals surface area contributed by atoms with Crippen molar-refractivity contribution in [2.24, 2.45) is 0 Å². The van der Waals surface area contributed by atoms with Crippen LogP contribution in [-0.2, 0) is 26.5 Å². The first-order valence-electron chi connectivity index (χ1n) is 14.5. The first-order chi connectivity index (χ1) is 17.6. The Hall–Kier alpha value is -2.55. The number of phenolic OH excluding ortho intramolecular Hbond substituents is 1. The minimum Gasteiger partial charge on any atom is -0.507 e. The Morgan fingerprint density at radius 2 is 1.28 bits per heavy atom. The van der Waals surface area contributed by atoms with Gasteiger partial charge < -0.3 is 9.84 Å². The SMILES string of the molecule is C=C(C)C(=O)Oc1c(C(C)c2cc(C(C)(C)C)cc(C(C)(C)C)c2O)cc(C(C)(C)CC)cc1C(C)(C)CC. The zero-order valence-electron chi connectivity index (χ0n) is 27.3. The average molecular weight is 535 g/mol. The molecule has 0 saturated carbocycles.